The molecular weight excluding hydrogens is 463 g/mol. The van der Waals surface area contributed by atoms with Gasteiger partial charge in [0.2, 0.25) is 0 Å². The molecule has 0 bridgehead atoms. The van der Waals surface area contributed by atoms with Crippen molar-refractivity contribution in [1.29, 1.82) is 0 Å². The summed E-state index contributed by atoms with van der Waals surface area (Å²) >= 11 is 8.17. The van der Waals surface area contributed by atoms with Crippen LogP contribution in [0.15, 0.2) is 30.4 Å². The zero-order chi connectivity index (χ0) is 25.2. The van der Waals surface area contributed by atoms with Crippen LogP contribution in [0.25, 0.3) is 5.57 Å². The first-order chi connectivity index (χ1) is 16.7. The van der Waals surface area contributed by atoms with Gasteiger partial charge >= 0.3 is 0 Å². The van der Waals surface area contributed by atoms with Crippen molar-refractivity contribution in [3.63, 3.8) is 0 Å². The third-order valence-corrected chi connectivity index (χ3v) is 13.7. The summed E-state index contributed by atoms with van der Waals surface area (Å²) in [4.78, 5) is 0. The second-order valence-corrected chi connectivity index (χ2v) is 16.4. The molecule has 2 saturated carbocycles. The van der Waals surface area contributed by atoms with Crippen LogP contribution in [-0.4, -0.2) is 15.9 Å². The summed E-state index contributed by atoms with van der Waals surface area (Å²) < 4.78 is -0.222. The van der Waals surface area contributed by atoms with Crippen molar-refractivity contribution < 1.29 is 0 Å². The lowest BCUT2D eigenvalue weighted by atomic mass is 9.79. The molecule has 1 aromatic rings. The smallest absolute Gasteiger partial charge is 0.0932 e. The summed E-state index contributed by atoms with van der Waals surface area (Å²) in [7, 11) is -0.298. The number of allylic oxidation sites excluding steroid dienone is 4. The van der Waals surface area contributed by atoms with E-state index in [1.165, 1.54) is 92.0 Å². The SMILES string of the molecule is CC(C)c1cc(C(C)C)c(C2=CC=CCC2(Cl)P(C2CCCCC2)C2CCCCC2)c(C(C)C)c1. The fourth-order valence-electron chi connectivity index (χ4n) is 7.01. The number of hydrogen-bond donors (Lipinski definition) is 0. The predicted octanol–water partition coefficient (Wildman–Crippen LogP) is 11.5. The van der Waals surface area contributed by atoms with Crippen LogP contribution in [0.4, 0.5) is 0 Å². The molecule has 3 aliphatic rings. The van der Waals surface area contributed by atoms with Gasteiger partial charge in [-0.1, -0.05) is 118 Å². The first-order valence-electron chi connectivity index (χ1n) is 14.8. The standard InChI is InChI=1S/C33H50ClP/c1-23(2)26-21-29(24(3)4)32(30(22-26)25(5)6)31-19-13-14-20-33(31,34)35(27-15-9-7-10-16-27)28-17-11-8-12-18-28/h13-14,19,21-25,27-28H,7-12,15-18,20H2,1-6H3. The molecule has 1 aromatic carbocycles. The van der Waals surface area contributed by atoms with Gasteiger partial charge in [0.15, 0.2) is 0 Å². The second-order valence-electron chi connectivity index (χ2n) is 12.5. The molecule has 0 amide bonds. The lowest BCUT2D eigenvalue weighted by Gasteiger charge is -2.49. The largest absolute Gasteiger partial charge is 0.109 e. The van der Waals surface area contributed by atoms with Crippen molar-refractivity contribution in [1.82, 2.24) is 0 Å². The average molecular weight is 513 g/mol. The monoisotopic (exact) mass is 512 g/mol. The molecular formula is C33H50ClP. The van der Waals surface area contributed by atoms with Crippen molar-refractivity contribution in [3.8, 4) is 0 Å². The average Bonchev–Trinajstić information content (AvgIpc) is 2.85. The van der Waals surface area contributed by atoms with Crippen LogP contribution in [0, 0.1) is 0 Å². The van der Waals surface area contributed by atoms with Gasteiger partial charge in [0.25, 0.3) is 0 Å². The van der Waals surface area contributed by atoms with E-state index in [1.54, 1.807) is 0 Å². The van der Waals surface area contributed by atoms with E-state index < -0.39 is 0 Å². The topological polar surface area (TPSA) is 0 Å². The Morgan fingerprint density at radius 1 is 0.743 bits per heavy atom. The lowest BCUT2D eigenvalue weighted by Crippen LogP contribution is -2.35. The van der Waals surface area contributed by atoms with Crippen molar-refractivity contribution >= 4 is 25.1 Å². The molecule has 0 aromatic heterocycles. The van der Waals surface area contributed by atoms with Crippen LogP contribution in [-0.2, 0) is 0 Å². The molecule has 0 N–H and O–H groups in total. The second kappa shape index (κ2) is 11.9. The molecule has 0 heterocycles. The summed E-state index contributed by atoms with van der Waals surface area (Å²) in [6.07, 6.45) is 22.3. The van der Waals surface area contributed by atoms with E-state index in [1.807, 2.05) is 0 Å². The summed E-state index contributed by atoms with van der Waals surface area (Å²) in [6.45, 7) is 14.2. The highest BCUT2D eigenvalue weighted by atomic mass is 35.5. The minimum absolute atomic E-state index is 0.222. The maximum Gasteiger partial charge on any atom is 0.0932 e. The van der Waals surface area contributed by atoms with E-state index in [9.17, 15) is 0 Å². The Balaban J connectivity index is 1.89. The number of rotatable bonds is 7. The minimum atomic E-state index is -0.298. The third-order valence-electron chi connectivity index (χ3n) is 8.95. The van der Waals surface area contributed by atoms with Gasteiger partial charge in [0, 0.05) is 0 Å². The molecule has 0 spiro atoms. The van der Waals surface area contributed by atoms with E-state index in [4.69, 9.17) is 11.6 Å². The van der Waals surface area contributed by atoms with Gasteiger partial charge in [-0.15, -0.1) is 11.6 Å². The van der Waals surface area contributed by atoms with E-state index in [0.717, 1.165) is 17.7 Å². The molecule has 1 unspecified atom stereocenters. The van der Waals surface area contributed by atoms with E-state index in [2.05, 4.69) is 71.9 Å². The third kappa shape index (κ3) is 5.80. The minimum Gasteiger partial charge on any atom is -0.109 e. The zero-order valence-corrected chi connectivity index (χ0v) is 25.0. The van der Waals surface area contributed by atoms with Crippen LogP contribution < -0.4 is 0 Å². The quantitative estimate of drug-likeness (QED) is 0.251. The Morgan fingerprint density at radius 3 is 1.66 bits per heavy atom. The molecule has 0 aliphatic heterocycles. The molecule has 2 heteroatoms. The van der Waals surface area contributed by atoms with Crippen LogP contribution in [0.5, 0.6) is 0 Å². The van der Waals surface area contributed by atoms with Gasteiger partial charge in [-0.3, -0.25) is 0 Å². The van der Waals surface area contributed by atoms with E-state index in [-0.39, 0.29) is 12.5 Å². The Morgan fingerprint density at radius 2 is 1.23 bits per heavy atom. The summed E-state index contributed by atoms with van der Waals surface area (Å²) in [5, 5.41) is 0. The Bertz CT molecular complexity index is 864. The van der Waals surface area contributed by atoms with Crippen LogP contribution >= 0.6 is 19.5 Å². The van der Waals surface area contributed by atoms with Gasteiger partial charge in [0.1, 0.15) is 0 Å². The zero-order valence-electron chi connectivity index (χ0n) is 23.4. The Hall–Kier alpha value is -0.580. The molecule has 1 atom stereocenters. The first kappa shape index (κ1) is 27.5. The molecule has 194 valence electrons. The number of halogens is 1. The van der Waals surface area contributed by atoms with Gasteiger partial charge < -0.3 is 0 Å². The maximum atomic E-state index is 8.17. The van der Waals surface area contributed by atoms with Crippen molar-refractivity contribution in [2.24, 2.45) is 0 Å². The number of benzene rings is 1. The fourth-order valence-corrected chi connectivity index (χ4v) is 12.5. The van der Waals surface area contributed by atoms with Crippen LogP contribution in [0.3, 0.4) is 0 Å². The van der Waals surface area contributed by atoms with Gasteiger partial charge in [-0.25, -0.2) is 0 Å². The highest BCUT2D eigenvalue weighted by Crippen LogP contribution is 2.71. The molecule has 3 aliphatic carbocycles. The van der Waals surface area contributed by atoms with Gasteiger partial charge in [-0.05, 0) is 89.0 Å². The maximum absolute atomic E-state index is 8.17. The van der Waals surface area contributed by atoms with E-state index >= 15 is 0 Å². The van der Waals surface area contributed by atoms with E-state index in [0.29, 0.717) is 17.8 Å². The van der Waals surface area contributed by atoms with Gasteiger partial charge in [-0.2, -0.15) is 0 Å². The molecule has 2 fully saturated rings. The molecule has 0 saturated heterocycles. The Labute approximate surface area is 223 Å². The molecule has 0 radical (unpaired) electrons. The van der Waals surface area contributed by atoms with Crippen LogP contribution in [0.1, 0.15) is 152 Å². The van der Waals surface area contributed by atoms with Crippen molar-refractivity contribution in [2.75, 3.05) is 0 Å². The fraction of sp³-hybridized carbons (Fsp3) is 0.697. The van der Waals surface area contributed by atoms with Crippen molar-refractivity contribution in [2.45, 2.75) is 146 Å². The molecule has 4 rings (SSSR count). The van der Waals surface area contributed by atoms with Crippen LogP contribution in [0.2, 0.25) is 0 Å². The summed E-state index contributed by atoms with van der Waals surface area (Å²) in [5.41, 5.74) is 9.20. The summed E-state index contributed by atoms with van der Waals surface area (Å²) in [6, 6.07) is 5.05. The highest BCUT2D eigenvalue weighted by molar-refractivity contribution is 7.63. The predicted molar refractivity (Wildman–Crippen MR) is 160 cm³/mol. The van der Waals surface area contributed by atoms with Crippen molar-refractivity contribution in [3.05, 3.63) is 52.6 Å². The Kier molecular flexibility index (Phi) is 9.30. The lowest BCUT2D eigenvalue weighted by molar-refractivity contribution is 0.481. The first-order valence-corrected chi connectivity index (χ1v) is 16.6. The number of hydrogen-bond acceptors (Lipinski definition) is 0. The highest BCUT2D eigenvalue weighted by Gasteiger charge is 2.48. The normalized spacial score (nSPS) is 24.7. The molecule has 35 heavy (non-hydrogen) atoms. The summed E-state index contributed by atoms with van der Waals surface area (Å²) in [5.74, 6) is 1.52. The van der Waals surface area contributed by atoms with Gasteiger partial charge in [0.05, 0.1) is 4.62 Å². The molecule has 0 nitrogen and oxygen atoms in total. The number of alkyl halides is 1.